The minimum Gasteiger partial charge on any atom is -0.493 e. The van der Waals surface area contributed by atoms with Crippen molar-refractivity contribution >= 4 is 15.7 Å². The van der Waals surface area contributed by atoms with Crippen LogP contribution in [0.3, 0.4) is 0 Å². The van der Waals surface area contributed by atoms with Crippen molar-refractivity contribution in [3.8, 4) is 34.5 Å². The minimum absolute atomic E-state index is 0.0624. The van der Waals surface area contributed by atoms with E-state index in [0.29, 0.717) is 54.9 Å². The van der Waals surface area contributed by atoms with E-state index in [-0.39, 0.29) is 21.7 Å². The number of hydrogen-bond donors (Lipinski definition) is 0. The average molecular weight is 516 g/mol. The molecule has 0 aliphatic carbocycles. The SMILES string of the molecule is CCN1CCN(c2oc(-c3ccc(OC)c(OC)c3)nc2S(=O)(=O)c2ccc3c(c2)OCCO3)CC1. The molecular formula is C25H29N3O7S. The van der Waals surface area contributed by atoms with Gasteiger partial charge in [-0.25, -0.2) is 8.42 Å². The molecule has 0 amide bonds. The zero-order chi connectivity index (χ0) is 25.3. The largest absolute Gasteiger partial charge is 0.493 e. The highest BCUT2D eigenvalue weighted by molar-refractivity contribution is 7.91. The monoisotopic (exact) mass is 515 g/mol. The zero-order valence-corrected chi connectivity index (χ0v) is 21.3. The number of rotatable bonds is 7. The maximum Gasteiger partial charge on any atom is 0.236 e. The van der Waals surface area contributed by atoms with Gasteiger partial charge in [-0.05, 0) is 36.9 Å². The highest BCUT2D eigenvalue weighted by Crippen LogP contribution is 2.40. The van der Waals surface area contributed by atoms with Gasteiger partial charge in [0.2, 0.25) is 26.6 Å². The van der Waals surface area contributed by atoms with Gasteiger partial charge in [0.25, 0.3) is 0 Å². The second-order valence-electron chi connectivity index (χ2n) is 8.43. The second kappa shape index (κ2) is 9.90. The highest BCUT2D eigenvalue weighted by Gasteiger charge is 2.33. The van der Waals surface area contributed by atoms with Gasteiger partial charge in [0, 0.05) is 37.8 Å². The smallest absolute Gasteiger partial charge is 0.236 e. The molecule has 0 spiro atoms. The van der Waals surface area contributed by atoms with E-state index in [1.54, 1.807) is 31.4 Å². The summed E-state index contributed by atoms with van der Waals surface area (Å²) in [6.45, 7) is 6.66. The number of anilines is 1. The lowest BCUT2D eigenvalue weighted by molar-refractivity contribution is 0.171. The van der Waals surface area contributed by atoms with Crippen LogP contribution in [0.2, 0.25) is 0 Å². The Labute approximate surface area is 210 Å². The van der Waals surface area contributed by atoms with Gasteiger partial charge in [0.15, 0.2) is 23.0 Å². The minimum atomic E-state index is -4.04. The fourth-order valence-electron chi connectivity index (χ4n) is 4.34. The lowest BCUT2D eigenvalue weighted by atomic mass is 10.2. The first-order valence-corrected chi connectivity index (χ1v) is 13.3. The molecule has 3 heterocycles. The Kier molecular flexibility index (Phi) is 6.67. The normalized spacial score (nSPS) is 16.1. The van der Waals surface area contributed by atoms with Crippen LogP contribution in [0.1, 0.15) is 6.92 Å². The first-order chi connectivity index (χ1) is 17.4. The zero-order valence-electron chi connectivity index (χ0n) is 20.5. The predicted molar refractivity (Wildman–Crippen MR) is 132 cm³/mol. The van der Waals surface area contributed by atoms with Crippen LogP contribution in [0.25, 0.3) is 11.5 Å². The summed E-state index contributed by atoms with van der Waals surface area (Å²) in [5, 5.41) is -0.131. The van der Waals surface area contributed by atoms with E-state index in [4.69, 9.17) is 23.4 Å². The molecular weight excluding hydrogens is 486 g/mol. The van der Waals surface area contributed by atoms with Crippen molar-refractivity contribution in [3.63, 3.8) is 0 Å². The van der Waals surface area contributed by atoms with Crippen molar-refractivity contribution in [2.75, 3.05) is 65.1 Å². The van der Waals surface area contributed by atoms with Crippen LogP contribution >= 0.6 is 0 Å². The van der Waals surface area contributed by atoms with E-state index in [2.05, 4.69) is 16.8 Å². The molecule has 192 valence electrons. The fraction of sp³-hybridized carbons (Fsp3) is 0.400. The van der Waals surface area contributed by atoms with Gasteiger partial charge < -0.3 is 33.2 Å². The van der Waals surface area contributed by atoms with Gasteiger partial charge >= 0.3 is 0 Å². The van der Waals surface area contributed by atoms with E-state index in [9.17, 15) is 8.42 Å². The van der Waals surface area contributed by atoms with Crippen molar-refractivity contribution in [2.45, 2.75) is 16.8 Å². The van der Waals surface area contributed by atoms with Gasteiger partial charge in [0.05, 0.1) is 19.1 Å². The number of piperazine rings is 1. The quantitative estimate of drug-likeness (QED) is 0.466. The summed E-state index contributed by atoms with van der Waals surface area (Å²) in [5.41, 5.74) is 0.574. The molecule has 2 aromatic carbocycles. The van der Waals surface area contributed by atoms with Crippen LogP contribution in [-0.4, -0.2) is 78.5 Å². The Hall–Kier alpha value is -3.44. The second-order valence-corrected chi connectivity index (χ2v) is 10.3. The predicted octanol–water partition coefficient (Wildman–Crippen LogP) is 3.10. The molecule has 0 N–H and O–H groups in total. The number of nitrogens with zero attached hydrogens (tertiary/aromatic N) is 3. The van der Waals surface area contributed by atoms with E-state index in [0.717, 1.165) is 19.6 Å². The molecule has 10 nitrogen and oxygen atoms in total. The number of aromatic nitrogens is 1. The summed E-state index contributed by atoms with van der Waals surface area (Å²) < 4.78 is 55.8. The van der Waals surface area contributed by atoms with Crippen LogP contribution in [0, 0.1) is 0 Å². The standard InChI is InChI=1S/C25H29N3O7S/c1-4-27-9-11-28(12-10-27)25-24(26-23(35-25)17-5-7-19(31-2)21(15-17)32-3)36(29,30)18-6-8-20-22(16-18)34-14-13-33-20/h5-8,15-16H,4,9-14H2,1-3H3. The van der Waals surface area contributed by atoms with Crippen LogP contribution in [0.4, 0.5) is 5.88 Å². The molecule has 1 saturated heterocycles. The molecule has 2 aliphatic rings. The van der Waals surface area contributed by atoms with E-state index in [1.165, 1.54) is 19.2 Å². The highest BCUT2D eigenvalue weighted by atomic mass is 32.2. The molecule has 3 aromatic rings. The van der Waals surface area contributed by atoms with Crippen LogP contribution < -0.4 is 23.8 Å². The maximum atomic E-state index is 13.9. The van der Waals surface area contributed by atoms with Crippen molar-refractivity contribution in [1.29, 1.82) is 0 Å². The molecule has 0 unspecified atom stereocenters. The summed E-state index contributed by atoms with van der Waals surface area (Å²) in [7, 11) is -0.953. The van der Waals surface area contributed by atoms with Crippen molar-refractivity contribution in [1.82, 2.24) is 9.88 Å². The van der Waals surface area contributed by atoms with Crippen molar-refractivity contribution < 1.29 is 31.8 Å². The van der Waals surface area contributed by atoms with Gasteiger partial charge in [-0.2, -0.15) is 4.98 Å². The van der Waals surface area contributed by atoms with Gasteiger partial charge in [-0.3, -0.25) is 0 Å². The molecule has 1 fully saturated rings. The number of ether oxygens (including phenoxy) is 4. The molecule has 5 rings (SSSR count). The van der Waals surface area contributed by atoms with Gasteiger partial charge in [-0.15, -0.1) is 0 Å². The van der Waals surface area contributed by atoms with Crippen LogP contribution in [-0.2, 0) is 9.84 Å². The first kappa shape index (κ1) is 24.3. The first-order valence-electron chi connectivity index (χ1n) is 11.8. The Morgan fingerprint density at radius 3 is 2.33 bits per heavy atom. The summed E-state index contributed by atoms with van der Waals surface area (Å²) >= 11 is 0. The molecule has 0 atom stereocenters. The molecule has 0 bridgehead atoms. The Morgan fingerprint density at radius 1 is 0.917 bits per heavy atom. The number of sulfone groups is 1. The number of oxazole rings is 1. The third-order valence-electron chi connectivity index (χ3n) is 6.40. The fourth-order valence-corrected chi connectivity index (χ4v) is 5.67. The molecule has 2 aliphatic heterocycles. The maximum absolute atomic E-state index is 13.9. The lowest BCUT2D eigenvalue weighted by Crippen LogP contribution is -2.46. The van der Waals surface area contributed by atoms with Crippen molar-refractivity contribution in [3.05, 3.63) is 36.4 Å². The van der Waals surface area contributed by atoms with E-state index in [1.807, 2.05) is 4.90 Å². The molecule has 11 heteroatoms. The number of fused-ring (bicyclic) bond motifs is 1. The third-order valence-corrected chi connectivity index (χ3v) is 8.04. The third kappa shape index (κ3) is 4.44. The molecule has 1 aromatic heterocycles. The Morgan fingerprint density at radius 2 is 1.64 bits per heavy atom. The van der Waals surface area contributed by atoms with E-state index >= 15 is 0 Å². The number of benzene rings is 2. The Bertz CT molecular complexity index is 1350. The number of methoxy groups -OCH3 is 2. The summed E-state index contributed by atoms with van der Waals surface area (Å²) in [4.78, 5) is 8.81. The molecule has 0 saturated carbocycles. The van der Waals surface area contributed by atoms with Gasteiger partial charge in [0.1, 0.15) is 13.2 Å². The van der Waals surface area contributed by atoms with Crippen LogP contribution in [0.15, 0.2) is 50.7 Å². The van der Waals surface area contributed by atoms with E-state index < -0.39 is 9.84 Å². The van der Waals surface area contributed by atoms with Crippen molar-refractivity contribution in [2.24, 2.45) is 0 Å². The lowest BCUT2D eigenvalue weighted by Gasteiger charge is -2.33. The summed E-state index contributed by atoms with van der Waals surface area (Å²) in [6, 6.07) is 9.79. The van der Waals surface area contributed by atoms with Crippen LogP contribution in [0.5, 0.6) is 23.0 Å². The topological polar surface area (TPSA) is 104 Å². The Balaban J connectivity index is 1.59. The summed E-state index contributed by atoms with van der Waals surface area (Å²) in [6.07, 6.45) is 0. The molecule has 36 heavy (non-hydrogen) atoms. The number of hydrogen-bond acceptors (Lipinski definition) is 10. The molecule has 0 radical (unpaired) electrons. The average Bonchev–Trinajstić information content (AvgIpc) is 3.39. The van der Waals surface area contributed by atoms with Gasteiger partial charge in [-0.1, -0.05) is 6.92 Å². The number of likely N-dealkylation sites (N-methyl/N-ethyl adjacent to an activating group) is 1. The summed E-state index contributed by atoms with van der Waals surface area (Å²) in [5.74, 6) is 2.35.